The summed E-state index contributed by atoms with van der Waals surface area (Å²) in [6, 6.07) is 42.0. The molecule has 8 rings (SSSR count). The van der Waals surface area contributed by atoms with Gasteiger partial charge in [-0.1, -0.05) is 91.0 Å². The van der Waals surface area contributed by atoms with Crippen LogP contribution in [-0.2, 0) is 7.05 Å². The molecule has 0 radical (unpaired) electrons. The van der Waals surface area contributed by atoms with Crippen LogP contribution in [0.15, 0.2) is 115 Å². The van der Waals surface area contributed by atoms with Gasteiger partial charge in [0.25, 0.3) is 0 Å². The minimum Gasteiger partial charge on any atom is -0.343 e. The van der Waals surface area contributed by atoms with Crippen LogP contribution < -0.4 is 0 Å². The summed E-state index contributed by atoms with van der Waals surface area (Å²) in [5.41, 5.74) is 6.26. The first kappa shape index (κ1) is 18.8. The molecule has 0 fully saturated rings. The molecule has 35 heavy (non-hydrogen) atoms. The van der Waals surface area contributed by atoms with Gasteiger partial charge in [0.2, 0.25) is 0 Å². The zero-order chi connectivity index (χ0) is 23.1. The van der Waals surface area contributed by atoms with Gasteiger partial charge >= 0.3 is 0 Å². The highest BCUT2D eigenvalue weighted by Gasteiger charge is 2.21. The van der Waals surface area contributed by atoms with Crippen molar-refractivity contribution in [3.63, 3.8) is 0 Å². The van der Waals surface area contributed by atoms with E-state index in [2.05, 4.69) is 131 Å². The van der Waals surface area contributed by atoms with Crippen molar-refractivity contribution in [2.45, 2.75) is 0 Å². The van der Waals surface area contributed by atoms with Crippen LogP contribution >= 0.6 is 0 Å². The maximum absolute atomic E-state index is 2.47. The highest BCUT2D eigenvalue weighted by molar-refractivity contribution is 6.31. The molecule has 6 aromatic carbocycles. The molecule has 0 amide bonds. The van der Waals surface area contributed by atoms with Gasteiger partial charge in [0.05, 0.1) is 22.1 Å². The lowest BCUT2D eigenvalue weighted by Crippen LogP contribution is -1.94. The predicted molar refractivity (Wildman–Crippen MR) is 150 cm³/mol. The second-order valence-electron chi connectivity index (χ2n) is 9.45. The quantitative estimate of drug-likeness (QED) is 0.239. The van der Waals surface area contributed by atoms with Crippen LogP contribution in [0.3, 0.4) is 0 Å². The molecule has 0 saturated heterocycles. The molecule has 164 valence electrons. The van der Waals surface area contributed by atoms with Gasteiger partial charge in [0.15, 0.2) is 0 Å². The Morgan fingerprint density at radius 1 is 0.429 bits per heavy atom. The Morgan fingerprint density at radius 2 is 1.03 bits per heavy atom. The van der Waals surface area contributed by atoms with Crippen LogP contribution in [0, 0.1) is 0 Å². The first-order valence-corrected chi connectivity index (χ1v) is 12.1. The molecule has 8 aromatic rings. The second-order valence-corrected chi connectivity index (χ2v) is 9.45. The normalized spacial score (nSPS) is 12.1. The summed E-state index contributed by atoms with van der Waals surface area (Å²) >= 11 is 0. The van der Waals surface area contributed by atoms with Gasteiger partial charge in [-0.2, -0.15) is 0 Å². The average molecular weight is 447 g/mol. The van der Waals surface area contributed by atoms with Gasteiger partial charge in [0.1, 0.15) is 0 Å². The Kier molecular flexibility index (Phi) is 3.62. The summed E-state index contributed by atoms with van der Waals surface area (Å²) < 4.78 is 4.84. The summed E-state index contributed by atoms with van der Waals surface area (Å²) in [4.78, 5) is 0. The lowest BCUT2D eigenvalue weighted by molar-refractivity contribution is 1.02. The molecule has 0 aliphatic carbocycles. The third-order valence-corrected chi connectivity index (χ3v) is 7.68. The number of nitrogens with zero attached hydrogens (tertiary/aromatic N) is 2. The van der Waals surface area contributed by atoms with Gasteiger partial charge in [0, 0.05) is 39.7 Å². The summed E-state index contributed by atoms with van der Waals surface area (Å²) in [5, 5.41) is 10.4. The summed E-state index contributed by atoms with van der Waals surface area (Å²) in [6.07, 6.45) is 0. The van der Waals surface area contributed by atoms with Crippen LogP contribution in [-0.4, -0.2) is 9.13 Å². The number of benzene rings is 6. The topological polar surface area (TPSA) is 9.86 Å². The molecular formula is C33H22N2. The molecule has 2 heterocycles. The van der Waals surface area contributed by atoms with E-state index in [-0.39, 0.29) is 0 Å². The lowest BCUT2D eigenvalue weighted by Gasteiger charge is -2.09. The highest BCUT2D eigenvalue weighted by atomic mass is 15.0. The monoisotopic (exact) mass is 446 g/mol. The van der Waals surface area contributed by atoms with E-state index < -0.39 is 0 Å². The van der Waals surface area contributed by atoms with E-state index in [1.54, 1.807) is 0 Å². The van der Waals surface area contributed by atoms with Crippen molar-refractivity contribution in [3.05, 3.63) is 115 Å². The number of aryl methyl sites for hydroxylation is 1. The number of para-hydroxylation sites is 1. The Hall–Kier alpha value is -4.56. The Bertz CT molecular complexity index is 2110. The largest absolute Gasteiger partial charge is 0.343 e. The molecule has 2 aromatic heterocycles. The minimum absolute atomic E-state index is 1.19. The molecule has 0 unspecified atom stereocenters. The fourth-order valence-electron chi connectivity index (χ4n) is 6.19. The van der Waals surface area contributed by atoms with Crippen LogP contribution in [0.25, 0.3) is 70.8 Å². The first-order valence-electron chi connectivity index (χ1n) is 12.1. The molecule has 2 nitrogen and oxygen atoms in total. The average Bonchev–Trinajstić information content (AvgIpc) is 3.41. The van der Waals surface area contributed by atoms with E-state index in [1.165, 1.54) is 70.8 Å². The van der Waals surface area contributed by atoms with E-state index in [4.69, 9.17) is 0 Å². The third-order valence-electron chi connectivity index (χ3n) is 7.68. The zero-order valence-electron chi connectivity index (χ0n) is 19.4. The fourth-order valence-corrected chi connectivity index (χ4v) is 6.19. The molecule has 2 heteroatoms. The maximum atomic E-state index is 2.47. The maximum Gasteiger partial charge on any atom is 0.0641 e. The van der Waals surface area contributed by atoms with Crippen molar-refractivity contribution in [3.8, 4) is 5.69 Å². The van der Waals surface area contributed by atoms with Crippen molar-refractivity contribution in [2.24, 2.45) is 7.05 Å². The standard InChI is InChI=1S/C33H22N2/c1-34-28-20-18-26-30-24-13-7-5-9-21(24)16-19-29(30)35(23-11-3-2-4-12-23)33(26)31(28)27-17-15-22-10-6-8-14-25(22)32(27)34/h2-20H,1H3. The number of fused-ring (bicyclic) bond motifs is 11. The van der Waals surface area contributed by atoms with Crippen molar-refractivity contribution < 1.29 is 0 Å². The highest BCUT2D eigenvalue weighted by Crippen LogP contribution is 2.43. The zero-order valence-corrected chi connectivity index (χ0v) is 19.4. The molecule has 0 aliphatic rings. The van der Waals surface area contributed by atoms with Crippen molar-refractivity contribution in [2.75, 3.05) is 0 Å². The van der Waals surface area contributed by atoms with E-state index >= 15 is 0 Å². The Morgan fingerprint density at radius 3 is 1.86 bits per heavy atom. The van der Waals surface area contributed by atoms with E-state index in [0.717, 1.165) is 0 Å². The second kappa shape index (κ2) is 6.74. The molecule has 0 N–H and O–H groups in total. The van der Waals surface area contributed by atoms with Crippen LogP contribution in [0.5, 0.6) is 0 Å². The summed E-state index contributed by atoms with van der Waals surface area (Å²) in [6.45, 7) is 0. The molecule has 0 spiro atoms. The van der Waals surface area contributed by atoms with Gasteiger partial charge in [-0.3, -0.25) is 0 Å². The molecule has 0 saturated carbocycles. The Balaban J connectivity index is 1.71. The van der Waals surface area contributed by atoms with Crippen molar-refractivity contribution >= 4 is 65.2 Å². The lowest BCUT2D eigenvalue weighted by atomic mass is 10.0. The third kappa shape index (κ3) is 2.38. The smallest absolute Gasteiger partial charge is 0.0641 e. The van der Waals surface area contributed by atoms with Crippen molar-refractivity contribution in [1.82, 2.24) is 9.13 Å². The van der Waals surface area contributed by atoms with Crippen LogP contribution in [0.2, 0.25) is 0 Å². The Labute approximate surface area is 202 Å². The molecular weight excluding hydrogens is 424 g/mol. The van der Waals surface area contributed by atoms with Crippen LogP contribution in [0.4, 0.5) is 0 Å². The summed E-state index contributed by atoms with van der Waals surface area (Å²) in [7, 11) is 2.20. The van der Waals surface area contributed by atoms with Gasteiger partial charge in [-0.15, -0.1) is 0 Å². The van der Waals surface area contributed by atoms with Crippen molar-refractivity contribution in [1.29, 1.82) is 0 Å². The van der Waals surface area contributed by atoms with E-state index in [9.17, 15) is 0 Å². The van der Waals surface area contributed by atoms with Gasteiger partial charge in [-0.05, 0) is 40.4 Å². The first-order chi connectivity index (χ1) is 17.3. The van der Waals surface area contributed by atoms with Gasteiger partial charge < -0.3 is 9.13 Å². The molecule has 0 atom stereocenters. The van der Waals surface area contributed by atoms with Crippen LogP contribution in [0.1, 0.15) is 0 Å². The number of hydrogen-bond acceptors (Lipinski definition) is 0. The number of hydrogen-bond donors (Lipinski definition) is 0. The summed E-state index contributed by atoms with van der Waals surface area (Å²) in [5.74, 6) is 0. The minimum atomic E-state index is 1.19. The SMILES string of the molecule is Cn1c2ccc3c4c5ccccc5ccc4n(-c4ccccc4)c3c2c2ccc3ccccc3c21. The van der Waals surface area contributed by atoms with E-state index in [0.29, 0.717) is 0 Å². The van der Waals surface area contributed by atoms with E-state index in [1.807, 2.05) is 0 Å². The molecule has 0 bridgehead atoms. The fraction of sp³-hybridized carbons (Fsp3) is 0.0303. The predicted octanol–water partition coefficient (Wildman–Crippen LogP) is 8.74. The van der Waals surface area contributed by atoms with Gasteiger partial charge in [-0.25, -0.2) is 0 Å². The molecule has 0 aliphatic heterocycles. The number of aromatic nitrogens is 2. The number of rotatable bonds is 1.